The molecule has 0 aromatic heterocycles. The summed E-state index contributed by atoms with van der Waals surface area (Å²) in [6, 6.07) is 5.34. The molecule has 3 N–H and O–H groups in total. The number of phenols is 1. The Hall–Kier alpha value is -1.06. The molecule has 13 heavy (non-hydrogen) atoms. The first-order chi connectivity index (χ1) is 6.31. The number of rotatable bonds is 1. The Morgan fingerprint density at radius 1 is 1.46 bits per heavy atom. The molecule has 70 valence electrons. The van der Waals surface area contributed by atoms with Crippen molar-refractivity contribution in [1.29, 1.82) is 0 Å². The maximum Gasteiger partial charge on any atom is 0.115 e. The highest BCUT2D eigenvalue weighted by Gasteiger charge is 2.18. The number of nitrogens with one attached hydrogen (secondary N) is 1. The molecule has 0 saturated carbocycles. The average Bonchev–Trinajstić information content (AvgIpc) is 2.16. The molecule has 1 unspecified atom stereocenters. The number of fused-ring (bicyclic) bond motifs is 1. The normalized spacial score (nSPS) is 21.2. The van der Waals surface area contributed by atoms with Crippen LogP contribution in [0.1, 0.15) is 17.2 Å². The number of aliphatic hydroxyl groups is 1. The van der Waals surface area contributed by atoms with E-state index in [9.17, 15) is 5.11 Å². The van der Waals surface area contributed by atoms with Crippen LogP contribution in [-0.2, 0) is 6.42 Å². The third kappa shape index (κ3) is 1.53. The largest absolute Gasteiger partial charge is 0.508 e. The minimum Gasteiger partial charge on any atom is -0.508 e. The van der Waals surface area contributed by atoms with Crippen LogP contribution in [0.25, 0.3) is 0 Å². The molecule has 1 aromatic rings. The van der Waals surface area contributed by atoms with E-state index in [1.54, 1.807) is 12.1 Å². The summed E-state index contributed by atoms with van der Waals surface area (Å²) in [6.45, 7) is 0.972. The zero-order chi connectivity index (χ0) is 9.26. The van der Waals surface area contributed by atoms with Crippen molar-refractivity contribution in [2.45, 2.75) is 12.5 Å². The second-order valence-electron chi connectivity index (χ2n) is 3.32. The van der Waals surface area contributed by atoms with Crippen molar-refractivity contribution in [2.75, 3.05) is 13.2 Å². The first-order valence-electron chi connectivity index (χ1n) is 4.47. The third-order valence-corrected chi connectivity index (χ3v) is 2.47. The summed E-state index contributed by atoms with van der Waals surface area (Å²) >= 11 is 0. The van der Waals surface area contributed by atoms with Gasteiger partial charge in [-0.3, -0.25) is 0 Å². The molecule has 0 amide bonds. The van der Waals surface area contributed by atoms with Crippen molar-refractivity contribution in [3.8, 4) is 5.75 Å². The molecule has 0 saturated heterocycles. The van der Waals surface area contributed by atoms with Crippen LogP contribution in [0.4, 0.5) is 0 Å². The lowest BCUT2D eigenvalue weighted by Gasteiger charge is -2.25. The molecule has 1 aliphatic rings. The maximum absolute atomic E-state index is 9.26. The molecule has 3 heteroatoms. The Morgan fingerprint density at radius 2 is 2.31 bits per heavy atom. The lowest BCUT2D eigenvalue weighted by molar-refractivity contribution is 0.240. The number of hydrogen-bond acceptors (Lipinski definition) is 3. The van der Waals surface area contributed by atoms with Gasteiger partial charge < -0.3 is 15.5 Å². The molecule has 1 heterocycles. The first-order valence-corrected chi connectivity index (χ1v) is 4.47. The van der Waals surface area contributed by atoms with Gasteiger partial charge >= 0.3 is 0 Å². The van der Waals surface area contributed by atoms with Crippen LogP contribution in [0.15, 0.2) is 18.2 Å². The zero-order valence-corrected chi connectivity index (χ0v) is 7.33. The maximum atomic E-state index is 9.26. The molecule has 0 spiro atoms. The highest BCUT2D eigenvalue weighted by atomic mass is 16.3. The van der Waals surface area contributed by atoms with Gasteiger partial charge in [0.2, 0.25) is 0 Å². The molecule has 1 aliphatic heterocycles. The summed E-state index contributed by atoms with van der Waals surface area (Å²) in [5.41, 5.74) is 2.24. The van der Waals surface area contributed by atoms with Crippen molar-refractivity contribution in [2.24, 2.45) is 0 Å². The van der Waals surface area contributed by atoms with E-state index in [1.165, 1.54) is 0 Å². The average molecular weight is 179 g/mol. The van der Waals surface area contributed by atoms with Gasteiger partial charge in [0.25, 0.3) is 0 Å². The van der Waals surface area contributed by atoms with E-state index < -0.39 is 0 Å². The van der Waals surface area contributed by atoms with Gasteiger partial charge in [0.1, 0.15) is 5.75 Å². The molecular formula is C10H13NO2. The molecular weight excluding hydrogens is 166 g/mol. The van der Waals surface area contributed by atoms with Crippen LogP contribution in [0, 0.1) is 0 Å². The molecule has 0 fully saturated rings. The van der Waals surface area contributed by atoms with Gasteiger partial charge in [-0.05, 0) is 36.2 Å². The predicted molar refractivity (Wildman–Crippen MR) is 49.6 cm³/mol. The smallest absolute Gasteiger partial charge is 0.115 e. The van der Waals surface area contributed by atoms with Crippen molar-refractivity contribution >= 4 is 0 Å². The monoisotopic (exact) mass is 179 g/mol. The Bertz CT molecular complexity index is 312. The Kier molecular flexibility index (Phi) is 2.20. The van der Waals surface area contributed by atoms with Gasteiger partial charge in [-0.1, -0.05) is 6.07 Å². The van der Waals surface area contributed by atoms with E-state index in [2.05, 4.69) is 5.32 Å². The lowest BCUT2D eigenvalue weighted by atomic mass is 9.94. The fourth-order valence-electron chi connectivity index (χ4n) is 1.80. The second kappa shape index (κ2) is 3.36. The van der Waals surface area contributed by atoms with Crippen molar-refractivity contribution < 1.29 is 10.2 Å². The van der Waals surface area contributed by atoms with Crippen LogP contribution in [0.2, 0.25) is 0 Å². The lowest BCUT2D eigenvalue weighted by Crippen LogP contribution is -2.31. The fourth-order valence-corrected chi connectivity index (χ4v) is 1.80. The van der Waals surface area contributed by atoms with Crippen LogP contribution in [0.5, 0.6) is 5.75 Å². The van der Waals surface area contributed by atoms with E-state index in [-0.39, 0.29) is 12.6 Å². The van der Waals surface area contributed by atoms with Crippen molar-refractivity contribution in [3.05, 3.63) is 29.3 Å². The SMILES string of the molecule is OCC1NCCc2cc(O)ccc21. The molecule has 2 rings (SSSR count). The number of phenolic OH excluding ortho intramolecular Hbond substituents is 1. The number of aliphatic hydroxyl groups excluding tert-OH is 1. The summed E-state index contributed by atoms with van der Waals surface area (Å²) in [7, 11) is 0. The zero-order valence-electron chi connectivity index (χ0n) is 7.33. The fraction of sp³-hybridized carbons (Fsp3) is 0.400. The van der Waals surface area contributed by atoms with Gasteiger partial charge in [-0.2, -0.15) is 0 Å². The second-order valence-corrected chi connectivity index (χ2v) is 3.32. The molecule has 0 bridgehead atoms. The Morgan fingerprint density at radius 3 is 3.08 bits per heavy atom. The van der Waals surface area contributed by atoms with Crippen molar-refractivity contribution in [1.82, 2.24) is 5.32 Å². The minimum atomic E-state index is 0.0318. The summed E-state index contributed by atoms with van der Waals surface area (Å²) in [6.07, 6.45) is 0.917. The van der Waals surface area contributed by atoms with Gasteiger partial charge in [-0.15, -0.1) is 0 Å². The standard InChI is InChI=1S/C10H13NO2/c12-6-10-9-2-1-8(13)5-7(9)3-4-11-10/h1-2,5,10-13H,3-4,6H2. The molecule has 0 aliphatic carbocycles. The summed E-state index contributed by atoms with van der Waals surface area (Å²) in [4.78, 5) is 0. The van der Waals surface area contributed by atoms with Crippen LogP contribution < -0.4 is 5.32 Å². The number of hydrogen-bond donors (Lipinski definition) is 3. The van der Waals surface area contributed by atoms with Gasteiger partial charge in [0.15, 0.2) is 0 Å². The van der Waals surface area contributed by atoms with E-state index >= 15 is 0 Å². The van der Waals surface area contributed by atoms with E-state index in [0.29, 0.717) is 5.75 Å². The van der Waals surface area contributed by atoms with Crippen molar-refractivity contribution in [3.63, 3.8) is 0 Å². The summed E-state index contributed by atoms with van der Waals surface area (Å²) < 4.78 is 0. The molecule has 0 radical (unpaired) electrons. The van der Waals surface area contributed by atoms with E-state index in [1.807, 2.05) is 6.07 Å². The van der Waals surface area contributed by atoms with Crippen LogP contribution >= 0.6 is 0 Å². The quantitative estimate of drug-likeness (QED) is 0.591. The first kappa shape index (κ1) is 8.53. The Labute approximate surface area is 77.0 Å². The minimum absolute atomic E-state index is 0.0318. The number of aromatic hydroxyl groups is 1. The molecule has 1 aromatic carbocycles. The highest BCUT2D eigenvalue weighted by Crippen LogP contribution is 2.25. The summed E-state index contributed by atoms with van der Waals surface area (Å²) in [5.74, 6) is 0.303. The van der Waals surface area contributed by atoms with Gasteiger partial charge in [-0.25, -0.2) is 0 Å². The van der Waals surface area contributed by atoms with E-state index in [0.717, 1.165) is 24.1 Å². The predicted octanol–water partition coefficient (Wildman–Crippen LogP) is 0.571. The Balaban J connectivity index is 2.40. The molecule has 3 nitrogen and oxygen atoms in total. The summed E-state index contributed by atoms with van der Waals surface area (Å²) in [5, 5.41) is 21.6. The van der Waals surface area contributed by atoms with E-state index in [4.69, 9.17) is 5.11 Å². The number of benzene rings is 1. The topological polar surface area (TPSA) is 52.5 Å². The molecule has 1 atom stereocenters. The van der Waals surface area contributed by atoms with Gasteiger partial charge in [0.05, 0.1) is 12.6 Å². The van der Waals surface area contributed by atoms with Crippen LogP contribution in [0.3, 0.4) is 0 Å². The van der Waals surface area contributed by atoms with Gasteiger partial charge in [0, 0.05) is 0 Å². The third-order valence-electron chi connectivity index (χ3n) is 2.47. The van der Waals surface area contributed by atoms with Crippen LogP contribution in [-0.4, -0.2) is 23.4 Å². The highest BCUT2D eigenvalue weighted by molar-refractivity contribution is 5.38.